The number of benzene rings is 3. The normalized spacial score (nSPS) is 17.0. The van der Waals surface area contributed by atoms with E-state index in [1.807, 2.05) is 0 Å². The predicted octanol–water partition coefficient (Wildman–Crippen LogP) is 5.19. The maximum atomic E-state index is 13.6. The van der Waals surface area contributed by atoms with Gasteiger partial charge in [0.15, 0.2) is 0 Å². The van der Waals surface area contributed by atoms with E-state index in [9.17, 15) is 45.8 Å². The first kappa shape index (κ1) is 35.4. The van der Waals surface area contributed by atoms with E-state index in [1.54, 1.807) is 24.3 Å². The molecule has 0 radical (unpaired) electrons. The number of ether oxygens (including phenoxy) is 1. The monoisotopic (exact) mass is 677 g/mol. The van der Waals surface area contributed by atoms with Crippen molar-refractivity contribution in [1.82, 2.24) is 0 Å². The van der Waals surface area contributed by atoms with Crippen molar-refractivity contribution >= 4 is 27.7 Å². The number of halogens is 4. The van der Waals surface area contributed by atoms with E-state index in [1.165, 1.54) is 48.2 Å². The van der Waals surface area contributed by atoms with Crippen LogP contribution in [-0.4, -0.2) is 49.2 Å². The lowest BCUT2D eigenvalue weighted by molar-refractivity contribution is -0.147. The van der Waals surface area contributed by atoms with Crippen LogP contribution in [-0.2, 0) is 24.4 Å². The smallest absolute Gasteiger partial charge is 0.458 e. The summed E-state index contributed by atoms with van der Waals surface area (Å²) in [6.07, 6.45) is -0.114. The molecule has 14 heteroatoms. The zero-order valence-electron chi connectivity index (χ0n) is 25.0. The first-order valence-corrected chi connectivity index (χ1v) is 15.8. The summed E-state index contributed by atoms with van der Waals surface area (Å²) in [7, 11) is -5.89. The predicted molar refractivity (Wildman–Crippen MR) is 162 cm³/mol. The molecule has 1 amide bonds. The number of aliphatic hydroxyl groups is 2. The number of β-lactam (4-membered cyclic amide) rings is 1. The molecule has 0 bridgehead atoms. The molecule has 250 valence electrons. The van der Waals surface area contributed by atoms with Crippen LogP contribution < -0.4 is 9.08 Å². The number of carbonyl (C=O) groups excluding carboxylic acids is 2. The summed E-state index contributed by atoms with van der Waals surface area (Å²) >= 11 is 0. The molecule has 3 aromatic rings. The minimum Gasteiger partial charge on any atom is -0.458 e. The third-order valence-electron chi connectivity index (χ3n) is 7.50. The Morgan fingerprint density at radius 2 is 1.60 bits per heavy atom. The highest BCUT2D eigenvalue weighted by Crippen LogP contribution is 2.47. The van der Waals surface area contributed by atoms with Gasteiger partial charge in [0.2, 0.25) is 5.91 Å². The number of rotatable bonds is 12. The van der Waals surface area contributed by atoms with Crippen LogP contribution in [0.2, 0.25) is 0 Å². The van der Waals surface area contributed by atoms with Gasteiger partial charge < -0.3 is 24.0 Å². The minimum atomic E-state index is -5.89. The first-order valence-electron chi connectivity index (χ1n) is 14.4. The summed E-state index contributed by atoms with van der Waals surface area (Å²) in [5.41, 5.74) is -3.52. The van der Waals surface area contributed by atoms with Crippen LogP contribution in [0, 0.1) is 29.5 Å². The average molecular weight is 678 g/mol. The third-order valence-corrected chi connectivity index (χ3v) is 8.48. The second kappa shape index (κ2) is 15.0. The molecule has 1 saturated heterocycles. The highest BCUT2D eigenvalue weighted by atomic mass is 32.2. The van der Waals surface area contributed by atoms with E-state index in [-0.39, 0.29) is 44.3 Å². The first-order chi connectivity index (χ1) is 22.2. The third kappa shape index (κ3) is 8.68. The van der Waals surface area contributed by atoms with Gasteiger partial charge in [0.05, 0.1) is 12.0 Å². The molecule has 0 aromatic heterocycles. The fraction of sp³-hybridized carbons (Fsp3) is 0.333. The van der Waals surface area contributed by atoms with E-state index in [2.05, 4.69) is 16.0 Å². The van der Waals surface area contributed by atoms with Gasteiger partial charge in [-0.05, 0) is 72.5 Å². The van der Waals surface area contributed by atoms with Crippen molar-refractivity contribution in [3.05, 3.63) is 95.3 Å². The van der Waals surface area contributed by atoms with Gasteiger partial charge in [-0.15, -0.1) is 0 Å². The van der Waals surface area contributed by atoms with Crippen LogP contribution in [0.4, 0.5) is 23.2 Å². The van der Waals surface area contributed by atoms with Crippen molar-refractivity contribution < 1.29 is 54.7 Å². The summed E-state index contributed by atoms with van der Waals surface area (Å²) in [6, 6.07) is 16.3. The van der Waals surface area contributed by atoms with Gasteiger partial charge in [0, 0.05) is 43.7 Å². The van der Waals surface area contributed by atoms with Gasteiger partial charge >= 0.3 is 21.6 Å². The molecular formula is C33H31F4NO8S. The lowest BCUT2D eigenvalue weighted by Crippen LogP contribution is -2.55. The molecule has 47 heavy (non-hydrogen) atoms. The molecule has 0 saturated carbocycles. The van der Waals surface area contributed by atoms with Crippen LogP contribution in [0.25, 0.3) is 0 Å². The Labute approximate surface area is 268 Å². The van der Waals surface area contributed by atoms with Gasteiger partial charge in [-0.25, -0.2) is 4.39 Å². The molecule has 2 N–H and O–H groups in total. The van der Waals surface area contributed by atoms with E-state index in [0.717, 1.165) is 12.1 Å². The van der Waals surface area contributed by atoms with Gasteiger partial charge in [-0.3, -0.25) is 9.59 Å². The Hall–Kier alpha value is -4.45. The van der Waals surface area contributed by atoms with E-state index < -0.39 is 51.2 Å². The SMILES string of the molecule is CC(=O)O[C@@H](CC[C@H]1C(=O)N(c2ccc(C#CCC(CO)CO)cc2)[C@@H]1c1ccc(OS(=O)(=O)C(F)(F)F)cc1)c1ccc(F)cc1. The number of nitrogens with zero attached hydrogens (tertiary/aromatic N) is 1. The molecule has 4 rings (SSSR count). The maximum absolute atomic E-state index is 13.6. The van der Waals surface area contributed by atoms with E-state index >= 15 is 0 Å². The van der Waals surface area contributed by atoms with Crippen LogP contribution in [0.1, 0.15) is 55.0 Å². The number of carbonyl (C=O) groups is 2. The number of esters is 1. The number of aliphatic hydroxyl groups excluding tert-OH is 2. The van der Waals surface area contributed by atoms with Crippen LogP contribution >= 0.6 is 0 Å². The average Bonchev–Trinajstić information content (AvgIpc) is 3.02. The summed E-state index contributed by atoms with van der Waals surface area (Å²) in [5, 5.41) is 18.4. The maximum Gasteiger partial charge on any atom is 0.534 e. The van der Waals surface area contributed by atoms with Gasteiger partial charge in [0.1, 0.15) is 17.7 Å². The summed E-state index contributed by atoms with van der Waals surface area (Å²) in [4.78, 5) is 26.9. The second-order valence-corrected chi connectivity index (χ2v) is 12.4. The molecule has 1 aliphatic rings. The Morgan fingerprint density at radius 1 is 0.979 bits per heavy atom. The van der Waals surface area contributed by atoms with Crippen LogP contribution in [0.5, 0.6) is 5.75 Å². The van der Waals surface area contributed by atoms with Crippen molar-refractivity contribution in [2.75, 3.05) is 18.1 Å². The van der Waals surface area contributed by atoms with Gasteiger partial charge in [0.25, 0.3) is 0 Å². The lowest BCUT2D eigenvalue weighted by Gasteiger charge is -2.48. The quantitative estimate of drug-likeness (QED) is 0.0670. The summed E-state index contributed by atoms with van der Waals surface area (Å²) in [6.45, 7) is 0.810. The highest BCUT2D eigenvalue weighted by Gasteiger charge is 2.50. The highest BCUT2D eigenvalue weighted by molar-refractivity contribution is 7.88. The molecular weight excluding hydrogens is 646 g/mol. The number of anilines is 1. The second-order valence-electron chi connectivity index (χ2n) is 10.8. The van der Waals surface area contributed by atoms with Crippen molar-refractivity contribution in [2.24, 2.45) is 11.8 Å². The molecule has 0 spiro atoms. The topological polar surface area (TPSA) is 130 Å². The van der Waals surface area contributed by atoms with Crippen molar-refractivity contribution in [2.45, 2.75) is 43.8 Å². The van der Waals surface area contributed by atoms with Crippen LogP contribution in [0.15, 0.2) is 72.8 Å². The van der Waals surface area contributed by atoms with Crippen molar-refractivity contribution in [3.63, 3.8) is 0 Å². The van der Waals surface area contributed by atoms with Gasteiger partial charge in [-0.1, -0.05) is 36.1 Å². The molecule has 9 nitrogen and oxygen atoms in total. The Bertz CT molecular complexity index is 1710. The molecule has 0 aliphatic carbocycles. The van der Waals surface area contributed by atoms with Crippen molar-refractivity contribution in [3.8, 4) is 17.6 Å². The molecule has 3 atom stereocenters. The zero-order valence-corrected chi connectivity index (χ0v) is 25.8. The van der Waals surface area contributed by atoms with Crippen molar-refractivity contribution in [1.29, 1.82) is 0 Å². The van der Waals surface area contributed by atoms with E-state index in [4.69, 9.17) is 4.74 Å². The Kier molecular flexibility index (Phi) is 11.3. The fourth-order valence-corrected chi connectivity index (χ4v) is 5.54. The molecule has 1 heterocycles. The zero-order chi connectivity index (χ0) is 34.4. The molecule has 1 aliphatic heterocycles. The Morgan fingerprint density at radius 3 is 2.15 bits per heavy atom. The minimum absolute atomic E-state index is 0.189. The number of amides is 1. The fourth-order valence-electron chi connectivity index (χ4n) is 5.09. The standard InChI is InChI=1S/C33H31F4NO8S/c1-21(41)45-30(24-7-11-26(34)12-8-24)18-17-29-31(25-9-15-28(16-10-25)46-47(43,44)33(35,36)37)38(32(29)42)27-13-5-22(6-14-27)3-2-4-23(19-39)20-40/h5-16,23,29-31,39-40H,4,17-20H2,1H3/t29-,30+,31-/m1/s1. The summed E-state index contributed by atoms with van der Waals surface area (Å²) < 4.78 is 84.6. The Balaban J connectivity index is 1.60. The number of hydrogen-bond donors (Lipinski definition) is 2. The molecule has 0 unspecified atom stereocenters. The van der Waals surface area contributed by atoms with Gasteiger partial charge in [-0.2, -0.15) is 21.6 Å². The largest absolute Gasteiger partial charge is 0.534 e. The lowest BCUT2D eigenvalue weighted by atomic mass is 9.78. The molecule has 3 aromatic carbocycles. The summed E-state index contributed by atoms with van der Waals surface area (Å²) in [5.74, 6) is 2.86. The molecule has 1 fully saturated rings. The number of alkyl halides is 3. The van der Waals surface area contributed by atoms with E-state index in [0.29, 0.717) is 22.4 Å². The van der Waals surface area contributed by atoms with Crippen LogP contribution in [0.3, 0.4) is 0 Å². The number of hydrogen-bond acceptors (Lipinski definition) is 8.